The number of aryl methyl sites for hydroxylation is 1. The second-order valence-electron chi connectivity index (χ2n) is 5.60. The van der Waals surface area contributed by atoms with Crippen molar-refractivity contribution in [1.29, 1.82) is 0 Å². The van der Waals surface area contributed by atoms with Crippen LogP contribution < -0.4 is 11.2 Å². The molecule has 2 aromatic carbocycles. The van der Waals surface area contributed by atoms with Gasteiger partial charge in [0.1, 0.15) is 0 Å². The monoisotopic (exact) mass is 320 g/mol. The van der Waals surface area contributed by atoms with Crippen LogP contribution in [0.1, 0.15) is 18.1 Å². The van der Waals surface area contributed by atoms with Crippen LogP contribution in [-0.2, 0) is 17.8 Å². The van der Waals surface area contributed by atoms with Crippen LogP contribution in [0.25, 0.3) is 10.9 Å². The molecule has 0 fully saturated rings. The van der Waals surface area contributed by atoms with E-state index in [9.17, 15) is 4.79 Å². The fourth-order valence-corrected chi connectivity index (χ4v) is 2.67. The van der Waals surface area contributed by atoms with Gasteiger partial charge in [0.25, 0.3) is 0 Å². The van der Waals surface area contributed by atoms with Crippen LogP contribution in [-0.4, -0.2) is 16.7 Å². The number of hydrogen-bond donors (Lipinski definition) is 2. The van der Waals surface area contributed by atoms with Crippen LogP contribution in [0.4, 0.5) is 5.69 Å². The lowest BCUT2D eigenvalue weighted by Crippen LogP contribution is -2.19. The van der Waals surface area contributed by atoms with Crippen molar-refractivity contribution in [3.8, 4) is 0 Å². The van der Waals surface area contributed by atoms with Crippen LogP contribution in [0.5, 0.6) is 0 Å². The fraction of sp³-hybridized carbons (Fsp3) is 0.158. The minimum atomic E-state index is -0.157. The van der Waals surface area contributed by atoms with Gasteiger partial charge in [0.05, 0.1) is 12.6 Å². The van der Waals surface area contributed by atoms with Crippen LogP contribution in [0.3, 0.4) is 0 Å². The second kappa shape index (κ2) is 7.00. The Bertz CT molecular complexity index is 878. The Kier molecular flexibility index (Phi) is 4.61. The molecule has 122 valence electrons. The summed E-state index contributed by atoms with van der Waals surface area (Å²) in [5.41, 5.74) is 11.9. The summed E-state index contributed by atoms with van der Waals surface area (Å²) >= 11 is 0. The zero-order valence-corrected chi connectivity index (χ0v) is 13.6. The maximum Gasteiger partial charge on any atom is 0.244 e. The molecule has 1 heterocycles. The third kappa shape index (κ3) is 3.46. The molecule has 0 unspecified atom stereocenters. The molecular weight excluding hydrogens is 300 g/mol. The largest absolute Gasteiger partial charge is 0.399 e. The number of hydrogen-bond acceptors (Lipinski definition) is 3. The van der Waals surface area contributed by atoms with Gasteiger partial charge in [-0.3, -0.25) is 4.79 Å². The van der Waals surface area contributed by atoms with E-state index in [2.05, 4.69) is 34.2 Å². The highest BCUT2D eigenvalue weighted by atomic mass is 16.2. The lowest BCUT2D eigenvalue weighted by atomic mass is 10.1. The molecule has 0 aliphatic rings. The number of aromatic nitrogens is 1. The van der Waals surface area contributed by atoms with E-state index in [1.165, 1.54) is 0 Å². The molecule has 0 saturated heterocycles. The van der Waals surface area contributed by atoms with E-state index in [0.717, 1.165) is 28.6 Å². The average molecular weight is 320 g/mol. The summed E-state index contributed by atoms with van der Waals surface area (Å²) < 4.78 is 2.16. The average Bonchev–Trinajstić information content (AvgIpc) is 2.95. The number of benzene rings is 2. The molecule has 0 atom stereocenters. The Morgan fingerprint density at radius 3 is 2.71 bits per heavy atom. The highest BCUT2D eigenvalue weighted by Crippen LogP contribution is 2.19. The molecule has 0 aliphatic carbocycles. The standard InChI is InChI=1S/C19H20N4O/c1-2-23-13-15(17-5-3-4-6-18(17)23)12-21-22-19(24)11-14-7-9-16(20)10-8-14/h3-10,12-13H,2,11,20H2,1H3,(H,22,24)/b21-12-. The number of hydrazone groups is 1. The van der Waals surface area contributed by atoms with Crippen molar-refractivity contribution in [3.05, 3.63) is 65.9 Å². The number of rotatable bonds is 5. The molecule has 0 spiro atoms. The first-order chi connectivity index (χ1) is 11.7. The van der Waals surface area contributed by atoms with Crippen molar-refractivity contribution in [3.63, 3.8) is 0 Å². The van der Waals surface area contributed by atoms with Gasteiger partial charge < -0.3 is 10.3 Å². The molecule has 5 nitrogen and oxygen atoms in total. The maximum absolute atomic E-state index is 12.0. The van der Waals surface area contributed by atoms with Crippen molar-refractivity contribution in [2.75, 3.05) is 5.73 Å². The number of amides is 1. The molecule has 3 rings (SSSR count). The molecule has 0 bridgehead atoms. The van der Waals surface area contributed by atoms with E-state index < -0.39 is 0 Å². The van der Waals surface area contributed by atoms with E-state index >= 15 is 0 Å². The van der Waals surface area contributed by atoms with Crippen molar-refractivity contribution in [2.24, 2.45) is 5.10 Å². The van der Waals surface area contributed by atoms with E-state index in [-0.39, 0.29) is 12.3 Å². The molecule has 0 radical (unpaired) electrons. The molecule has 5 heteroatoms. The summed E-state index contributed by atoms with van der Waals surface area (Å²) in [6.45, 7) is 2.99. The summed E-state index contributed by atoms with van der Waals surface area (Å²) in [7, 11) is 0. The Morgan fingerprint density at radius 1 is 1.21 bits per heavy atom. The molecule has 0 aliphatic heterocycles. The molecule has 3 aromatic rings. The highest BCUT2D eigenvalue weighted by Gasteiger charge is 2.05. The summed E-state index contributed by atoms with van der Waals surface area (Å²) in [5.74, 6) is -0.157. The molecule has 1 aromatic heterocycles. The van der Waals surface area contributed by atoms with Gasteiger partial charge in [-0.05, 0) is 30.7 Å². The summed E-state index contributed by atoms with van der Waals surface area (Å²) in [5, 5.41) is 5.21. The van der Waals surface area contributed by atoms with Crippen molar-refractivity contribution in [1.82, 2.24) is 9.99 Å². The third-order valence-electron chi connectivity index (χ3n) is 3.90. The molecule has 0 saturated carbocycles. The minimum Gasteiger partial charge on any atom is -0.399 e. The Balaban J connectivity index is 1.68. The number of nitrogen functional groups attached to an aromatic ring is 1. The van der Waals surface area contributed by atoms with Gasteiger partial charge in [-0.15, -0.1) is 0 Å². The van der Waals surface area contributed by atoms with Crippen LogP contribution in [0, 0.1) is 0 Å². The Labute approximate surface area is 140 Å². The van der Waals surface area contributed by atoms with Crippen molar-refractivity contribution in [2.45, 2.75) is 19.9 Å². The molecule has 1 amide bonds. The number of para-hydroxylation sites is 1. The number of nitrogens with two attached hydrogens (primary N) is 1. The molecular formula is C19H20N4O. The summed E-state index contributed by atoms with van der Waals surface area (Å²) in [4.78, 5) is 12.0. The predicted octanol–water partition coefficient (Wildman–Crippen LogP) is 2.94. The fourth-order valence-electron chi connectivity index (χ4n) is 2.67. The van der Waals surface area contributed by atoms with Crippen molar-refractivity contribution >= 4 is 28.7 Å². The van der Waals surface area contributed by atoms with Crippen LogP contribution in [0.2, 0.25) is 0 Å². The number of carbonyl (C=O) groups is 1. The zero-order chi connectivity index (χ0) is 16.9. The zero-order valence-electron chi connectivity index (χ0n) is 13.6. The van der Waals surface area contributed by atoms with Gasteiger partial charge in [-0.2, -0.15) is 5.10 Å². The predicted molar refractivity (Wildman–Crippen MR) is 97.9 cm³/mol. The lowest BCUT2D eigenvalue weighted by Gasteiger charge is -2.01. The molecule has 24 heavy (non-hydrogen) atoms. The van der Waals surface area contributed by atoms with Gasteiger partial charge in [-0.1, -0.05) is 30.3 Å². The minimum absolute atomic E-state index is 0.157. The van der Waals surface area contributed by atoms with Crippen LogP contribution >= 0.6 is 0 Å². The Morgan fingerprint density at radius 2 is 1.96 bits per heavy atom. The third-order valence-corrected chi connectivity index (χ3v) is 3.90. The molecule has 3 N–H and O–H groups in total. The number of nitrogens with one attached hydrogen (secondary N) is 1. The highest BCUT2D eigenvalue weighted by molar-refractivity contribution is 5.99. The topological polar surface area (TPSA) is 72.4 Å². The van der Waals surface area contributed by atoms with E-state index in [1.807, 2.05) is 30.5 Å². The van der Waals surface area contributed by atoms with Crippen LogP contribution in [0.15, 0.2) is 59.8 Å². The number of nitrogens with zero attached hydrogens (tertiary/aromatic N) is 2. The lowest BCUT2D eigenvalue weighted by molar-refractivity contribution is -0.120. The number of carbonyl (C=O) groups excluding carboxylic acids is 1. The van der Waals surface area contributed by atoms with Gasteiger partial charge >= 0.3 is 0 Å². The normalized spacial score (nSPS) is 11.2. The summed E-state index contributed by atoms with van der Waals surface area (Å²) in [6, 6.07) is 15.4. The van der Waals surface area contributed by atoms with Crippen molar-refractivity contribution < 1.29 is 4.79 Å². The van der Waals surface area contributed by atoms with Gasteiger partial charge in [0.2, 0.25) is 5.91 Å². The first-order valence-electron chi connectivity index (χ1n) is 7.91. The maximum atomic E-state index is 12.0. The van der Waals surface area contributed by atoms with E-state index in [4.69, 9.17) is 5.73 Å². The van der Waals surface area contributed by atoms with E-state index in [0.29, 0.717) is 5.69 Å². The van der Waals surface area contributed by atoms with Gasteiger partial charge in [-0.25, -0.2) is 5.43 Å². The first kappa shape index (κ1) is 15.8. The van der Waals surface area contributed by atoms with E-state index in [1.54, 1.807) is 18.3 Å². The second-order valence-corrected chi connectivity index (χ2v) is 5.60. The summed E-state index contributed by atoms with van der Waals surface area (Å²) in [6.07, 6.45) is 4.00. The van der Waals surface area contributed by atoms with Gasteiger partial charge in [0.15, 0.2) is 0 Å². The smallest absolute Gasteiger partial charge is 0.244 e. The van der Waals surface area contributed by atoms with Gasteiger partial charge in [0, 0.05) is 34.9 Å². The SMILES string of the molecule is CCn1cc(/C=N\NC(=O)Cc2ccc(N)cc2)c2ccccc21. The Hall–Kier alpha value is -3.08. The quantitative estimate of drug-likeness (QED) is 0.431. The number of fused-ring (bicyclic) bond motifs is 1. The number of anilines is 1. The first-order valence-corrected chi connectivity index (χ1v) is 7.91.